The van der Waals surface area contributed by atoms with Crippen LogP contribution in [0.25, 0.3) is 27.9 Å². The first-order valence-electron chi connectivity index (χ1n) is 18.4. The van der Waals surface area contributed by atoms with Crippen LogP contribution in [0.4, 0.5) is 0 Å². The minimum absolute atomic E-state index is 0.0120. The molecule has 59 heavy (non-hydrogen) atoms. The van der Waals surface area contributed by atoms with Crippen molar-refractivity contribution < 1.29 is 23.9 Å². The Bertz CT molecular complexity index is 2590. The maximum Gasteiger partial charge on any atom is 0.264 e. The van der Waals surface area contributed by atoms with Crippen molar-refractivity contribution in [2.45, 2.75) is 26.9 Å². The Morgan fingerprint density at radius 3 is 1.78 bits per heavy atom. The molecule has 0 aliphatic carbocycles. The molecule has 0 saturated carbocycles. The smallest absolute Gasteiger partial charge is 0.264 e. The highest BCUT2D eigenvalue weighted by atomic mass is 35.5. The van der Waals surface area contributed by atoms with Crippen molar-refractivity contribution in [3.05, 3.63) is 147 Å². The summed E-state index contributed by atoms with van der Waals surface area (Å²) in [5.74, 6) is 1.86. The first kappa shape index (κ1) is 42.9. The Labute approximate surface area is 359 Å². The number of amidine groups is 2. The Hall–Kier alpha value is -5.73. The van der Waals surface area contributed by atoms with Crippen LogP contribution in [0.1, 0.15) is 40.9 Å². The molecule has 2 fully saturated rings. The summed E-state index contributed by atoms with van der Waals surface area (Å²) in [4.78, 5) is 51.8. The van der Waals surface area contributed by atoms with E-state index < -0.39 is 0 Å². The van der Waals surface area contributed by atoms with Gasteiger partial charge in [0.1, 0.15) is 17.8 Å². The number of hydrogen-bond donors (Lipinski definition) is 2. The number of aromatic nitrogens is 2. The highest BCUT2D eigenvalue weighted by Gasteiger charge is 2.24. The quantitative estimate of drug-likeness (QED) is 0.102. The van der Waals surface area contributed by atoms with Gasteiger partial charge in [-0.05, 0) is 103 Å². The van der Waals surface area contributed by atoms with Gasteiger partial charge in [0.25, 0.3) is 5.91 Å². The molecular weight excluding hydrogens is 828 g/mol. The molecule has 8 rings (SSSR count). The summed E-state index contributed by atoms with van der Waals surface area (Å²) in [6.07, 6.45) is 6.10. The third-order valence-corrected chi connectivity index (χ3v) is 11.0. The normalized spacial score (nSPS) is 15.4. The van der Waals surface area contributed by atoms with Gasteiger partial charge in [-0.3, -0.25) is 34.3 Å². The number of fused-ring (bicyclic) bond motifs is 2. The zero-order valence-electron chi connectivity index (χ0n) is 32.0. The lowest BCUT2D eigenvalue weighted by Crippen LogP contribution is -2.20. The fourth-order valence-corrected chi connectivity index (χ4v) is 7.53. The third kappa shape index (κ3) is 11.9. The number of ether oxygens (including phenoxy) is 2. The van der Waals surface area contributed by atoms with Crippen LogP contribution >= 0.6 is 46.7 Å². The van der Waals surface area contributed by atoms with Crippen LogP contribution in [0.3, 0.4) is 0 Å². The molecule has 0 unspecified atom stereocenters. The van der Waals surface area contributed by atoms with Crippen LogP contribution in [0, 0.1) is 0 Å². The molecule has 4 aromatic carbocycles. The zero-order chi connectivity index (χ0) is 41.6. The number of nitrogens with zero attached hydrogens (tertiary/aromatic N) is 4. The Balaban J connectivity index is 0.000000164. The topological polar surface area (TPSA) is 144 Å². The molecule has 2 aliphatic rings. The molecule has 300 valence electrons. The highest BCUT2D eigenvalue weighted by Crippen LogP contribution is 2.30. The Kier molecular flexibility index (Phi) is 15.5. The first-order valence-corrected chi connectivity index (χ1v) is 21.0. The van der Waals surface area contributed by atoms with E-state index in [0.29, 0.717) is 62.9 Å². The molecule has 2 amide bonds. The number of aliphatic imine (C=N–C) groups is 2. The minimum atomic E-state index is -0.163. The summed E-state index contributed by atoms with van der Waals surface area (Å²) >= 11 is 14.9. The minimum Gasteiger partial charge on any atom is -0.493 e. The van der Waals surface area contributed by atoms with Gasteiger partial charge in [-0.25, -0.2) is 0 Å². The first-order chi connectivity index (χ1) is 28.7. The van der Waals surface area contributed by atoms with Crippen LogP contribution in [-0.2, 0) is 22.7 Å². The molecular formula is C44H38Cl2N6O5S2. The predicted molar refractivity (Wildman–Crippen MR) is 241 cm³/mol. The van der Waals surface area contributed by atoms with E-state index in [0.717, 1.165) is 56.3 Å². The summed E-state index contributed by atoms with van der Waals surface area (Å²) in [5, 5.41) is 9.90. The highest BCUT2D eigenvalue weighted by molar-refractivity contribution is 8.18. The van der Waals surface area contributed by atoms with Crippen molar-refractivity contribution in [3.8, 4) is 11.5 Å². The summed E-state index contributed by atoms with van der Waals surface area (Å²) in [6, 6.07) is 29.9. The third-order valence-electron chi connectivity index (χ3n) is 8.42. The zero-order valence-corrected chi connectivity index (χ0v) is 35.1. The van der Waals surface area contributed by atoms with E-state index >= 15 is 0 Å². The number of nitrogens with one attached hydrogen (secondary N) is 2. The van der Waals surface area contributed by atoms with Gasteiger partial charge in [-0.2, -0.15) is 0 Å². The van der Waals surface area contributed by atoms with Gasteiger partial charge in [0, 0.05) is 38.8 Å². The lowest BCUT2D eigenvalue weighted by molar-refractivity contribution is -0.117. The molecule has 15 heteroatoms. The number of carbonyl (C=O) groups is 3. The van der Waals surface area contributed by atoms with Crippen LogP contribution in [0.5, 0.6) is 11.5 Å². The second kappa shape index (κ2) is 21.3. The van der Waals surface area contributed by atoms with Crippen molar-refractivity contribution in [2.24, 2.45) is 9.98 Å². The van der Waals surface area contributed by atoms with Gasteiger partial charge >= 0.3 is 0 Å². The van der Waals surface area contributed by atoms with E-state index in [1.165, 1.54) is 23.5 Å². The number of rotatable bonds is 10. The van der Waals surface area contributed by atoms with Crippen LogP contribution < -0.4 is 20.1 Å². The fourth-order valence-electron chi connectivity index (χ4n) is 5.63. The van der Waals surface area contributed by atoms with E-state index in [1.54, 1.807) is 30.6 Å². The standard InChI is InChI=1S/C22H18ClN3O2S.C12H11NO2.C10H9ClN2OS/c1-2-28-19-9-10-24-18-8-7-14(11-16(18)19)12-20-21(27)26-22(29-20)25-13-15-5-3-4-6-17(15)23;1-2-15-12-5-6-13-11-4-3-9(8-14)7-10(11)12;11-8-4-2-1-3-7(8)5-12-10-13-9(14)6-15-10/h3-12H,2,13H2,1H3,(H,25,26,27);3-8H,2H2,1H3;1-4H,5-6H2,(H,12,13,14)/b20-12-;;. The Morgan fingerprint density at radius 2 is 1.25 bits per heavy atom. The van der Waals surface area contributed by atoms with Crippen molar-refractivity contribution in [1.82, 2.24) is 20.6 Å². The summed E-state index contributed by atoms with van der Waals surface area (Å²) in [7, 11) is 0. The van der Waals surface area contributed by atoms with Gasteiger partial charge < -0.3 is 20.1 Å². The van der Waals surface area contributed by atoms with Crippen molar-refractivity contribution in [2.75, 3.05) is 19.0 Å². The van der Waals surface area contributed by atoms with Crippen molar-refractivity contribution in [1.29, 1.82) is 0 Å². The lowest BCUT2D eigenvalue weighted by Gasteiger charge is -2.07. The van der Waals surface area contributed by atoms with Gasteiger partial charge in [-0.15, -0.1) is 0 Å². The van der Waals surface area contributed by atoms with Crippen LogP contribution in [-0.4, -0.2) is 57.4 Å². The molecule has 4 heterocycles. The molecule has 11 nitrogen and oxygen atoms in total. The predicted octanol–water partition coefficient (Wildman–Crippen LogP) is 9.55. The lowest BCUT2D eigenvalue weighted by atomic mass is 10.1. The van der Waals surface area contributed by atoms with E-state index in [4.69, 9.17) is 32.7 Å². The Morgan fingerprint density at radius 1 is 0.712 bits per heavy atom. The molecule has 0 atom stereocenters. The molecule has 0 radical (unpaired) electrons. The number of pyridine rings is 2. The van der Waals surface area contributed by atoms with Crippen molar-refractivity contribution in [3.63, 3.8) is 0 Å². The average molecular weight is 866 g/mol. The molecule has 2 saturated heterocycles. The molecule has 0 spiro atoms. The molecule has 2 N–H and O–H groups in total. The monoisotopic (exact) mass is 864 g/mol. The van der Waals surface area contributed by atoms with Gasteiger partial charge in [0.15, 0.2) is 10.3 Å². The molecule has 2 aliphatic heterocycles. The van der Waals surface area contributed by atoms with Crippen LogP contribution in [0.2, 0.25) is 10.0 Å². The number of benzene rings is 4. The van der Waals surface area contributed by atoms with E-state index in [2.05, 4.69) is 30.6 Å². The molecule has 2 aromatic heterocycles. The SMILES string of the molecule is CCOc1ccnc2ccc(/C=C3\SC(=NCc4ccccc4Cl)NC3=O)cc12.CCOc1ccnc2ccc(C=O)cc12.O=C1CSC(=NCc2ccccc2Cl)N1. The summed E-state index contributed by atoms with van der Waals surface area (Å²) in [6.45, 7) is 5.96. The summed E-state index contributed by atoms with van der Waals surface area (Å²) in [5.41, 5.74) is 5.11. The van der Waals surface area contributed by atoms with Gasteiger partial charge in [0.05, 0.1) is 48.0 Å². The molecule has 6 aromatic rings. The number of amides is 2. The van der Waals surface area contributed by atoms with Gasteiger partial charge in [-0.1, -0.05) is 77.4 Å². The number of aldehydes is 1. The average Bonchev–Trinajstić information content (AvgIpc) is 3.84. The van der Waals surface area contributed by atoms with E-state index in [-0.39, 0.29) is 11.8 Å². The second-order valence-corrected chi connectivity index (χ2v) is 15.3. The van der Waals surface area contributed by atoms with E-state index in [9.17, 15) is 14.4 Å². The molecule has 0 bridgehead atoms. The maximum atomic E-state index is 12.4. The summed E-state index contributed by atoms with van der Waals surface area (Å²) < 4.78 is 11.2. The number of thioether (sulfide) groups is 2. The number of hydrogen-bond acceptors (Lipinski definition) is 11. The van der Waals surface area contributed by atoms with E-state index in [1.807, 2.05) is 98.8 Å². The number of carbonyl (C=O) groups excluding carboxylic acids is 3. The van der Waals surface area contributed by atoms with Crippen LogP contribution in [0.15, 0.2) is 124 Å². The van der Waals surface area contributed by atoms with Gasteiger partial charge in [0.2, 0.25) is 5.91 Å². The maximum absolute atomic E-state index is 12.4. The second-order valence-electron chi connectivity index (χ2n) is 12.5. The largest absolute Gasteiger partial charge is 0.493 e. The fraction of sp³-hybridized carbons (Fsp3) is 0.159. The number of halogens is 2. The van der Waals surface area contributed by atoms with Crippen molar-refractivity contribution >= 4 is 103 Å².